The van der Waals surface area contributed by atoms with Gasteiger partial charge in [0.25, 0.3) is 0 Å². The number of carbonyl (C=O) groups excluding carboxylic acids is 4. The van der Waals surface area contributed by atoms with Crippen LogP contribution in [-0.2, 0) is 47.7 Å². The van der Waals surface area contributed by atoms with Crippen molar-refractivity contribution in [3.63, 3.8) is 0 Å². The maximum absolute atomic E-state index is 13.8. The molecule has 4 aliphatic rings. The minimum atomic E-state index is -1.65. The fourth-order valence-electron chi connectivity index (χ4n) is 8.91. The van der Waals surface area contributed by atoms with Gasteiger partial charge >= 0.3 is 5.97 Å². The van der Waals surface area contributed by atoms with Crippen molar-refractivity contribution in [3.8, 4) is 0 Å². The maximum Gasteiger partial charge on any atom is 0.332 e. The quantitative estimate of drug-likeness (QED) is 0.0736. The van der Waals surface area contributed by atoms with Crippen LogP contribution in [0.4, 0.5) is 0 Å². The molecule has 0 bridgehead atoms. The smallest absolute Gasteiger partial charge is 0.332 e. The number of nitrogens with one attached hydrogen (secondary N) is 2. The Labute approximate surface area is 346 Å². The number of hydrogen-bond donors (Lipinski definition) is 8. The molecular formula is C41H68N2O16. The summed E-state index contributed by atoms with van der Waals surface area (Å²) in [6.45, 7) is 5.61. The van der Waals surface area contributed by atoms with Crippen molar-refractivity contribution in [1.82, 2.24) is 10.6 Å². The number of aliphatic hydroxyl groups excluding tert-OH is 5. The third-order valence-electron chi connectivity index (χ3n) is 12.3. The van der Waals surface area contributed by atoms with Crippen LogP contribution >= 0.6 is 0 Å². The highest BCUT2D eigenvalue weighted by atomic mass is 16.7. The van der Waals surface area contributed by atoms with Crippen molar-refractivity contribution in [2.45, 2.75) is 197 Å². The zero-order valence-electron chi connectivity index (χ0n) is 34.8. The fraction of sp³-hybridized carbons (Fsp3) is 0.878. The van der Waals surface area contributed by atoms with Crippen LogP contribution in [0.1, 0.15) is 118 Å². The lowest BCUT2D eigenvalue weighted by molar-refractivity contribution is -0.338. The van der Waals surface area contributed by atoms with Crippen LogP contribution in [0.15, 0.2) is 0 Å². The third kappa shape index (κ3) is 13.9. The molecule has 2 aliphatic heterocycles. The summed E-state index contributed by atoms with van der Waals surface area (Å²) in [5, 5.41) is 69.3. The largest absolute Gasteiger partial charge is 0.479 e. The molecule has 0 aromatic carbocycles. The summed E-state index contributed by atoms with van der Waals surface area (Å²) in [4.78, 5) is 62.5. The second-order valence-electron chi connectivity index (χ2n) is 16.9. The summed E-state index contributed by atoms with van der Waals surface area (Å²) in [5.74, 6) is -3.05. The average molecular weight is 845 g/mol. The van der Waals surface area contributed by atoms with Crippen molar-refractivity contribution in [3.05, 3.63) is 0 Å². The fourth-order valence-corrected chi connectivity index (χ4v) is 8.91. The predicted octanol–water partition coefficient (Wildman–Crippen LogP) is 0.637. The first-order valence-electron chi connectivity index (χ1n) is 21.4. The minimum Gasteiger partial charge on any atom is -0.479 e. The molecule has 4 fully saturated rings. The number of carbonyl (C=O) groups is 5. The summed E-state index contributed by atoms with van der Waals surface area (Å²) in [5.41, 5.74) is 0. The topological polar surface area (TPSA) is 277 Å². The van der Waals surface area contributed by atoms with Crippen LogP contribution < -0.4 is 10.6 Å². The second kappa shape index (κ2) is 23.5. The highest BCUT2D eigenvalue weighted by molar-refractivity contribution is 5.81. The Hall–Kier alpha value is -2.65. The molecule has 2 saturated carbocycles. The molecule has 18 heteroatoms. The monoisotopic (exact) mass is 844 g/mol. The maximum atomic E-state index is 13.8. The van der Waals surface area contributed by atoms with Crippen LogP contribution in [-0.4, -0.2) is 153 Å². The van der Waals surface area contributed by atoms with E-state index in [-0.39, 0.29) is 55.6 Å². The van der Waals surface area contributed by atoms with Crippen LogP contribution in [0, 0.1) is 17.8 Å². The molecule has 4 rings (SSSR count). The second-order valence-corrected chi connectivity index (χ2v) is 16.9. The lowest BCUT2D eigenvalue weighted by atomic mass is 9.74. The van der Waals surface area contributed by atoms with Gasteiger partial charge in [-0.25, -0.2) is 4.79 Å². The lowest BCUT2D eigenvalue weighted by Gasteiger charge is -2.49. The van der Waals surface area contributed by atoms with E-state index in [1.165, 1.54) is 20.8 Å². The summed E-state index contributed by atoms with van der Waals surface area (Å²) >= 11 is 0. The van der Waals surface area contributed by atoms with E-state index < -0.39 is 110 Å². The number of rotatable bonds is 21. The Morgan fingerprint density at radius 3 is 2.15 bits per heavy atom. The van der Waals surface area contributed by atoms with Crippen molar-refractivity contribution < 1.29 is 78.3 Å². The Kier molecular flexibility index (Phi) is 19.5. The molecule has 59 heavy (non-hydrogen) atoms. The molecule has 338 valence electrons. The molecule has 8 N–H and O–H groups in total. The van der Waals surface area contributed by atoms with Gasteiger partial charge in [0.1, 0.15) is 54.2 Å². The van der Waals surface area contributed by atoms with Gasteiger partial charge in [0.15, 0.2) is 18.7 Å². The van der Waals surface area contributed by atoms with Crippen LogP contribution in [0.3, 0.4) is 0 Å². The summed E-state index contributed by atoms with van der Waals surface area (Å²) in [6, 6.07) is -1.30. The number of carboxylic acids is 1. The third-order valence-corrected chi connectivity index (χ3v) is 12.3. The summed E-state index contributed by atoms with van der Waals surface area (Å²) in [7, 11) is 0. The molecule has 0 aromatic heterocycles. The van der Waals surface area contributed by atoms with Gasteiger partial charge in [-0.1, -0.05) is 45.4 Å². The van der Waals surface area contributed by atoms with Gasteiger partial charge in [-0.05, 0) is 57.8 Å². The van der Waals surface area contributed by atoms with Gasteiger partial charge in [-0.15, -0.1) is 0 Å². The van der Waals surface area contributed by atoms with Crippen molar-refractivity contribution in [1.29, 1.82) is 0 Å². The standard InChI is InChI=1S/C41H68N2O16/c1-5-25-18-26(27(47)14-10-16-42-31(48)15-9-11-21(2)45)19-28(37(25)59-41-36(52)35(51)33(49)22(3)55-41)57-40-32(43-23(4)46)38(34(50)30(20-44)58-40)56-29(39(53)54)17-24-12-7-6-8-13-24/h22,24-26,28-30,32-38,40-41,44,49-52H,5-20H2,1-4H3,(H,42,48)(H,43,46)(H,53,54)/t22?,25?,26?,28-,29+,30+,32?,33-,34+,35+,36?,37-,38?,40-,41+/m1/s1. The van der Waals surface area contributed by atoms with Gasteiger partial charge in [0.2, 0.25) is 11.8 Å². The van der Waals surface area contributed by atoms with E-state index in [1.54, 1.807) is 0 Å². The van der Waals surface area contributed by atoms with Crippen LogP contribution in [0.25, 0.3) is 0 Å². The zero-order chi connectivity index (χ0) is 43.4. The number of aliphatic carboxylic acids is 1. The Morgan fingerprint density at radius 1 is 0.814 bits per heavy atom. The number of ketones is 2. The van der Waals surface area contributed by atoms with Crippen molar-refractivity contribution in [2.24, 2.45) is 17.8 Å². The molecule has 0 spiro atoms. The number of ether oxygens (including phenoxy) is 5. The first-order chi connectivity index (χ1) is 28.0. The SMILES string of the molecule is CCC1CC(C(=O)CCCNC(=O)CCCC(C)=O)C[C@@H](O[C@@H]2O[C@@H](CO)[C@H](O)C(O[C@@H](CC3CCCCC3)C(=O)O)C2NC(C)=O)[C@@H]1O[C@@H]1OC(C)[C@@H](O)[C@H](O)C1O. The Morgan fingerprint density at radius 2 is 1.53 bits per heavy atom. The number of hydrogen-bond acceptors (Lipinski definition) is 15. The molecule has 2 aliphatic carbocycles. The molecular weight excluding hydrogens is 776 g/mol. The molecule has 2 saturated heterocycles. The van der Waals surface area contributed by atoms with Gasteiger partial charge in [-0.2, -0.15) is 0 Å². The zero-order valence-corrected chi connectivity index (χ0v) is 34.8. The van der Waals surface area contributed by atoms with Gasteiger partial charge in [0, 0.05) is 38.6 Å². The van der Waals surface area contributed by atoms with E-state index >= 15 is 0 Å². The molecule has 18 nitrogen and oxygen atoms in total. The number of Topliss-reactive ketones (excluding diaryl/α,β-unsaturated/α-hetero) is 2. The predicted molar refractivity (Wildman–Crippen MR) is 207 cm³/mol. The normalized spacial score (nSPS) is 36.0. The molecule has 15 atom stereocenters. The van der Waals surface area contributed by atoms with Gasteiger partial charge in [-0.3, -0.25) is 14.4 Å². The summed E-state index contributed by atoms with van der Waals surface area (Å²) in [6.07, 6.45) is -9.03. The average Bonchev–Trinajstić information content (AvgIpc) is 3.19. The highest BCUT2D eigenvalue weighted by Gasteiger charge is 2.52. The lowest BCUT2D eigenvalue weighted by Crippen LogP contribution is -2.67. The molecule has 0 aromatic rings. The molecule has 0 radical (unpaired) electrons. The van der Waals surface area contributed by atoms with Crippen molar-refractivity contribution in [2.75, 3.05) is 13.2 Å². The van der Waals surface area contributed by atoms with E-state index in [2.05, 4.69) is 10.6 Å². The van der Waals surface area contributed by atoms with Crippen LogP contribution in [0.2, 0.25) is 0 Å². The molecule has 2 heterocycles. The van der Waals surface area contributed by atoms with Crippen molar-refractivity contribution >= 4 is 29.4 Å². The Bertz CT molecular complexity index is 1380. The van der Waals surface area contributed by atoms with E-state index in [1.807, 2.05) is 6.92 Å². The number of amides is 2. The van der Waals surface area contributed by atoms with E-state index in [0.29, 0.717) is 32.1 Å². The van der Waals surface area contributed by atoms with Gasteiger partial charge in [0.05, 0.1) is 24.9 Å². The van der Waals surface area contributed by atoms with E-state index in [0.717, 1.165) is 32.1 Å². The van der Waals surface area contributed by atoms with Gasteiger partial charge < -0.3 is 69.8 Å². The highest BCUT2D eigenvalue weighted by Crippen LogP contribution is 2.40. The molecule has 6 unspecified atom stereocenters. The molecule has 2 amide bonds. The summed E-state index contributed by atoms with van der Waals surface area (Å²) < 4.78 is 31.1. The number of aliphatic hydroxyl groups is 5. The first-order valence-corrected chi connectivity index (χ1v) is 21.4. The Balaban J connectivity index is 1.59. The minimum absolute atomic E-state index is 0.000841. The van der Waals surface area contributed by atoms with E-state index in [4.69, 9.17) is 23.7 Å². The number of carboxylic acid groups (broad SMARTS) is 1. The van der Waals surface area contributed by atoms with Crippen LogP contribution in [0.5, 0.6) is 0 Å². The first kappa shape index (κ1) is 49.0. The van der Waals surface area contributed by atoms with E-state index in [9.17, 15) is 54.6 Å².